The number of sulfone groups is 1. The molecule has 0 aliphatic carbocycles. The van der Waals surface area contributed by atoms with Gasteiger partial charge in [0.15, 0.2) is 16.4 Å². The lowest BCUT2D eigenvalue weighted by atomic mass is 10.1. The molecule has 1 amide bonds. The van der Waals surface area contributed by atoms with Crippen LogP contribution in [0, 0.1) is 0 Å². The van der Waals surface area contributed by atoms with Crippen molar-refractivity contribution in [3.05, 3.63) is 76.8 Å². The maximum Gasteiger partial charge on any atom is 0.261 e. The molecule has 0 spiro atoms. The molecule has 30 heavy (non-hydrogen) atoms. The van der Waals surface area contributed by atoms with E-state index in [1.54, 1.807) is 4.90 Å². The van der Waals surface area contributed by atoms with E-state index >= 15 is 0 Å². The van der Waals surface area contributed by atoms with Gasteiger partial charge in [-0.3, -0.25) is 4.79 Å². The topological polar surface area (TPSA) is 63.7 Å². The minimum absolute atomic E-state index is 0.0103. The van der Waals surface area contributed by atoms with Gasteiger partial charge >= 0.3 is 0 Å². The maximum atomic E-state index is 13.0. The summed E-state index contributed by atoms with van der Waals surface area (Å²) in [6.07, 6.45) is 0.464. The molecule has 7 heteroatoms. The highest BCUT2D eigenvalue weighted by molar-refractivity contribution is 9.10. The number of amides is 1. The van der Waals surface area contributed by atoms with E-state index in [9.17, 15) is 13.2 Å². The Hall–Kier alpha value is -2.38. The SMILES string of the molecule is O=C(COc1ccc2cc(Br)ccc2c1)N(Cc1ccccc1)C1CCS(=O)(=O)C1. The number of hydrogen-bond acceptors (Lipinski definition) is 4. The third-order valence-electron chi connectivity index (χ3n) is 5.30. The first-order chi connectivity index (χ1) is 14.4. The molecule has 1 saturated heterocycles. The van der Waals surface area contributed by atoms with Crippen LogP contribution in [0.2, 0.25) is 0 Å². The summed E-state index contributed by atoms with van der Waals surface area (Å²) < 4.78 is 30.7. The quantitative estimate of drug-likeness (QED) is 0.522. The van der Waals surface area contributed by atoms with E-state index in [2.05, 4.69) is 15.9 Å². The van der Waals surface area contributed by atoms with Gasteiger partial charge in [-0.2, -0.15) is 0 Å². The van der Waals surface area contributed by atoms with Crippen LogP contribution in [0.15, 0.2) is 71.2 Å². The van der Waals surface area contributed by atoms with E-state index in [0.717, 1.165) is 20.8 Å². The normalized spacial score (nSPS) is 17.7. The number of halogens is 1. The number of benzene rings is 3. The average Bonchev–Trinajstić information content (AvgIpc) is 3.10. The van der Waals surface area contributed by atoms with Crippen molar-refractivity contribution >= 4 is 42.4 Å². The van der Waals surface area contributed by atoms with Gasteiger partial charge in [-0.15, -0.1) is 0 Å². The van der Waals surface area contributed by atoms with Gasteiger partial charge in [0.2, 0.25) is 0 Å². The fourth-order valence-corrected chi connectivity index (χ4v) is 5.84. The molecule has 5 nitrogen and oxygen atoms in total. The molecule has 3 aromatic rings. The van der Waals surface area contributed by atoms with Crippen molar-refractivity contribution in [2.45, 2.75) is 19.0 Å². The maximum absolute atomic E-state index is 13.0. The lowest BCUT2D eigenvalue weighted by Crippen LogP contribution is -2.43. The Morgan fingerprint density at radius 3 is 2.50 bits per heavy atom. The van der Waals surface area contributed by atoms with Gasteiger partial charge in [0.25, 0.3) is 5.91 Å². The number of fused-ring (bicyclic) bond motifs is 1. The minimum atomic E-state index is -3.10. The smallest absolute Gasteiger partial charge is 0.261 e. The molecule has 4 rings (SSSR count). The second kappa shape index (κ2) is 8.78. The Balaban J connectivity index is 1.49. The molecule has 0 aromatic heterocycles. The summed E-state index contributed by atoms with van der Waals surface area (Å²) in [6, 6.07) is 20.9. The number of rotatable bonds is 6. The standard InChI is InChI=1S/C23H22BrNO4S/c24-20-8-6-19-13-22(9-7-18(19)12-20)29-15-23(26)25(14-17-4-2-1-3-5-17)21-10-11-30(27,28)16-21/h1-9,12-13,21H,10-11,14-16H2. The van der Waals surface area contributed by atoms with Crippen molar-refractivity contribution in [1.82, 2.24) is 4.90 Å². The van der Waals surface area contributed by atoms with Crippen LogP contribution in [0.4, 0.5) is 0 Å². The van der Waals surface area contributed by atoms with Crippen LogP contribution < -0.4 is 4.74 Å². The number of hydrogen-bond donors (Lipinski definition) is 0. The first kappa shape index (κ1) is 20.9. The monoisotopic (exact) mass is 487 g/mol. The van der Waals surface area contributed by atoms with E-state index in [4.69, 9.17) is 4.74 Å². The lowest BCUT2D eigenvalue weighted by Gasteiger charge is -2.28. The van der Waals surface area contributed by atoms with Crippen LogP contribution in [0.1, 0.15) is 12.0 Å². The van der Waals surface area contributed by atoms with Gasteiger partial charge in [0.1, 0.15) is 5.75 Å². The molecule has 1 fully saturated rings. The van der Waals surface area contributed by atoms with Crippen LogP contribution in [-0.4, -0.2) is 43.4 Å². The molecular formula is C23H22BrNO4S. The van der Waals surface area contributed by atoms with Crippen LogP contribution in [0.5, 0.6) is 5.75 Å². The molecule has 3 aromatic carbocycles. The van der Waals surface area contributed by atoms with Crippen LogP contribution >= 0.6 is 15.9 Å². The number of carbonyl (C=O) groups is 1. The Labute approximate surface area is 184 Å². The third kappa shape index (κ3) is 5.02. The molecule has 1 heterocycles. The Bertz CT molecular complexity index is 1160. The highest BCUT2D eigenvalue weighted by Crippen LogP contribution is 2.25. The Morgan fingerprint density at radius 1 is 1.03 bits per heavy atom. The van der Waals surface area contributed by atoms with E-state index in [-0.39, 0.29) is 30.1 Å². The zero-order valence-corrected chi connectivity index (χ0v) is 18.7. The molecule has 1 atom stereocenters. The average molecular weight is 488 g/mol. The first-order valence-corrected chi connectivity index (χ1v) is 12.4. The number of nitrogens with zero attached hydrogens (tertiary/aromatic N) is 1. The van der Waals surface area contributed by atoms with Crippen molar-refractivity contribution in [1.29, 1.82) is 0 Å². The zero-order valence-electron chi connectivity index (χ0n) is 16.3. The summed E-state index contributed by atoms with van der Waals surface area (Å²) >= 11 is 3.46. The zero-order chi connectivity index (χ0) is 21.1. The van der Waals surface area contributed by atoms with E-state index in [1.165, 1.54) is 0 Å². The van der Waals surface area contributed by atoms with Gasteiger partial charge < -0.3 is 9.64 Å². The Kier molecular flexibility index (Phi) is 6.11. The predicted molar refractivity (Wildman–Crippen MR) is 121 cm³/mol. The minimum Gasteiger partial charge on any atom is -0.484 e. The summed E-state index contributed by atoms with van der Waals surface area (Å²) in [4.78, 5) is 14.7. The van der Waals surface area contributed by atoms with E-state index < -0.39 is 9.84 Å². The van der Waals surface area contributed by atoms with Crippen molar-refractivity contribution < 1.29 is 17.9 Å². The van der Waals surface area contributed by atoms with E-state index in [1.807, 2.05) is 66.7 Å². The van der Waals surface area contributed by atoms with Gasteiger partial charge in [-0.05, 0) is 47.0 Å². The van der Waals surface area contributed by atoms with Crippen LogP contribution in [0.3, 0.4) is 0 Å². The van der Waals surface area contributed by atoms with Crippen molar-refractivity contribution in [3.63, 3.8) is 0 Å². The van der Waals surface area contributed by atoms with Gasteiger partial charge in [-0.25, -0.2) is 8.42 Å². The fraction of sp³-hybridized carbons (Fsp3) is 0.261. The number of carbonyl (C=O) groups excluding carboxylic acids is 1. The highest BCUT2D eigenvalue weighted by Gasteiger charge is 2.34. The highest BCUT2D eigenvalue weighted by atomic mass is 79.9. The summed E-state index contributed by atoms with van der Waals surface area (Å²) in [5.74, 6) is 0.530. The predicted octanol–water partition coefficient (Wildman–Crippen LogP) is 4.20. The lowest BCUT2D eigenvalue weighted by molar-refractivity contribution is -0.136. The molecule has 0 bridgehead atoms. The molecule has 0 saturated carbocycles. The summed E-state index contributed by atoms with van der Waals surface area (Å²) in [7, 11) is -3.10. The largest absolute Gasteiger partial charge is 0.484 e. The molecule has 1 aliphatic heterocycles. The molecule has 0 radical (unpaired) electrons. The van der Waals surface area contributed by atoms with Crippen molar-refractivity contribution in [3.8, 4) is 5.75 Å². The number of ether oxygens (including phenoxy) is 1. The van der Waals surface area contributed by atoms with Crippen molar-refractivity contribution in [2.75, 3.05) is 18.1 Å². The third-order valence-corrected chi connectivity index (χ3v) is 7.54. The molecular weight excluding hydrogens is 466 g/mol. The summed E-state index contributed by atoms with van der Waals surface area (Å²) in [5.41, 5.74) is 0.964. The second-order valence-corrected chi connectivity index (χ2v) is 10.7. The summed E-state index contributed by atoms with van der Waals surface area (Å²) in [6.45, 7) is 0.236. The Morgan fingerprint density at radius 2 is 1.77 bits per heavy atom. The fourth-order valence-electron chi connectivity index (χ4n) is 3.73. The molecule has 156 valence electrons. The van der Waals surface area contributed by atoms with Gasteiger partial charge in [0.05, 0.1) is 11.5 Å². The van der Waals surface area contributed by atoms with Crippen LogP contribution in [0.25, 0.3) is 10.8 Å². The van der Waals surface area contributed by atoms with Gasteiger partial charge in [0, 0.05) is 17.1 Å². The second-order valence-electron chi connectivity index (χ2n) is 7.51. The summed E-state index contributed by atoms with van der Waals surface area (Å²) in [5, 5.41) is 2.09. The van der Waals surface area contributed by atoms with Crippen LogP contribution in [-0.2, 0) is 21.2 Å². The van der Waals surface area contributed by atoms with E-state index in [0.29, 0.717) is 18.7 Å². The molecule has 0 N–H and O–H groups in total. The molecule has 1 aliphatic rings. The van der Waals surface area contributed by atoms with Gasteiger partial charge in [-0.1, -0.05) is 58.4 Å². The van der Waals surface area contributed by atoms with Crippen molar-refractivity contribution in [2.24, 2.45) is 0 Å². The molecule has 1 unspecified atom stereocenters. The first-order valence-electron chi connectivity index (χ1n) is 9.75.